The number of piperidine rings is 1. The number of aliphatic hydroxyl groups is 1. The van der Waals surface area contributed by atoms with E-state index in [9.17, 15) is 31.5 Å². The molecule has 6 rings (SSSR count). The first-order valence-corrected chi connectivity index (χ1v) is 16.8. The van der Waals surface area contributed by atoms with Gasteiger partial charge in [-0.2, -0.15) is 22.6 Å². The molecule has 0 amide bonds. The number of halogens is 3. The minimum atomic E-state index is -4.48. The summed E-state index contributed by atoms with van der Waals surface area (Å²) in [6.45, 7) is 4.26. The Morgan fingerprint density at radius 3 is 2.36 bits per heavy atom. The maximum absolute atomic E-state index is 13.2. The largest absolute Gasteiger partial charge is 0.416 e. The van der Waals surface area contributed by atoms with Crippen LogP contribution in [0.1, 0.15) is 41.3 Å². The highest BCUT2D eigenvalue weighted by molar-refractivity contribution is 7.88. The number of hydrogen-bond donors (Lipinski definition) is 1. The van der Waals surface area contributed by atoms with Gasteiger partial charge in [0.05, 0.1) is 41.2 Å². The molecule has 1 unspecified atom stereocenters. The van der Waals surface area contributed by atoms with Gasteiger partial charge in [-0.15, -0.1) is 0 Å². The number of aryl methyl sites for hydroxylation is 2. The number of hydrogen-bond acceptors (Lipinski definition) is 6. The SMILES string of the molecule is Cc1ccc2c(c1)n(C1CCN(CC(O)Cn3nc(-c4ccc(C(F)(F)F)cc4)c4c3CCN(S(C)(=O)=O)C4)CC1)c(=O)n2C. The van der Waals surface area contributed by atoms with E-state index in [1.54, 1.807) is 16.3 Å². The predicted molar refractivity (Wildman–Crippen MR) is 164 cm³/mol. The molecule has 1 saturated heterocycles. The highest BCUT2D eigenvalue weighted by Crippen LogP contribution is 2.34. The van der Waals surface area contributed by atoms with Crippen molar-refractivity contribution >= 4 is 21.1 Å². The van der Waals surface area contributed by atoms with Crippen molar-refractivity contribution in [3.63, 3.8) is 0 Å². The van der Waals surface area contributed by atoms with Crippen LogP contribution >= 0.6 is 0 Å². The summed E-state index contributed by atoms with van der Waals surface area (Å²) < 4.78 is 70.8. The Morgan fingerprint density at radius 2 is 1.71 bits per heavy atom. The topological polar surface area (TPSA) is 106 Å². The first-order valence-electron chi connectivity index (χ1n) is 15.0. The fourth-order valence-electron chi connectivity index (χ4n) is 6.70. The van der Waals surface area contributed by atoms with Crippen molar-refractivity contribution in [2.75, 3.05) is 32.4 Å². The van der Waals surface area contributed by atoms with Gasteiger partial charge in [0, 0.05) is 69.1 Å². The van der Waals surface area contributed by atoms with Crippen LogP contribution in [0.5, 0.6) is 0 Å². The Balaban J connectivity index is 1.18. The summed E-state index contributed by atoms with van der Waals surface area (Å²) in [4.78, 5) is 15.3. The molecule has 1 fully saturated rings. The Kier molecular flexibility index (Phi) is 8.21. The summed E-state index contributed by atoms with van der Waals surface area (Å²) in [5.74, 6) is 0. The quantitative estimate of drug-likeness (QED) is 0.330. The molecule has 242 valence electrons. The lowest BCUT2D eigenvalue weighted by molar-refractivity contribution is -0.137. The van der Waals surface area contributed by atoms with Crippen molar-refractivity contribution in [2.45, 2.75) is 57.6 Å². The molecule has 14 heteroatoms. The van der Waals surface area contributed by atoms with Gasteiger partial charge in [-0.1, -0.05) is 18.2 Å². The summed E-state index contributed by atoms with van der Waals surface area (Å²) in [6.07, 6.45) is -2.25. The number of β-amino-alcohol motifs (C(OH)–C–C–N with tert-alkyl or cyclic N) is 1. The molecule has 2 aromatic heterocycles. The molecule has 0 radical (unpaired) electrons. The number of imidazole rings is 1. The van der Waals surface area contributed by atoms with E-state index >= 15 is 0 Å². The Bertz CT molecular complexity index is 1890. The highest BCUT2D eigenvalue weighted by Gasteiger charge is 2.33. The van der Waals surface area contributed by atoms with Crippen LogP contribution in [0.25, 0.3) is 22.3 Å². The van der Waals surface area contributed by atoms with E-state index in [2.05, 4.69) is 4.90 Å². The zero-order valence-electron chi connectivity index (χ0n) is 25.5. The minimum absolute atomic E-state index is 0.0316. The van der Waals surface area contributed by atoms with Gasteiger partial charge in [-0.05, 0) is 49.6 Å². The maximum atomic E-state index is 13.2. The number of likely N-dealkylation sites (tertiary alicyclic amines) is 1. The van der Waals surface area contributed by atoms with Crippen LogP contribution in [0, 0.1) is 6.92 Å². The molecular weight excluding hydrogens is 609 g/mol. The third-order valence-electron chi connectivity index (χ3n) is 9.07. The minimum Gasteiger partial charge on any atom is -0.390 e. The summed E-state index contributed by atoms with van der Waals surface area (Å²) in [5.41, 5.74) is 4.38. The monoisotopic (exact) mass is 646 g/mol. The fourth-order valence-corrected chi connectivity index (χ4v) is 7.48. The zero-order valence-corrected chi connectivity index (χ0v) is 26.3. The number of sulfonamides is 1. The first kappa shape index (κ1) is 31.5. The maximum Gasteiger partial charge on any atom is 0.416 e. The average molecular weight is 647 g/mol. The van der Waals surface area contributed by atoms with E-state index in [4.69, 9.17) is 5.10 Å². The highest BCUT2D eigenvalue weighted by atomic mass is 32.2. The lowest BCUT2D eigenvalue weighted by atomic mass is 10.0. The van der Waals surface area contributed by atoms with Crippen LogP contribution < -0.4 is 5.69 Å². The number of rotatable bonds is 7. The molecule has 10 nitrogen and oxygen atoms in total. The van der Waals surface area contributed by atoms with Gasteiger partial charge in [-0.25, -0.2) is 13.2 Å². The van der Waals surface area contributed by atoms with Crippen LogP contribution in [-0.4, -0.2) is 80.2 Å². The third-order valence-corrected chi connectivity index (χ3v) is 10.3. The van der Waals surface area contributed by atoms with Crippen LogP contribution in [-0.2, 0) is 42.8 Å². The van der Waals surface area contributed by atoms with Gasteiger partial charge in [0.15, 0.2) is 0 Å². The molecule has 2 aliphatic rings. The van der Waals surface area contributed by atoms with Crippen molar-refractivity contribution in [3.8, 4) is 11.3 Å². The lowest BCUT2D eigenvalue weighted by Crippen LogP contribution is -2.42. The summed E-state index contributed by atoms with van der Waals surface area (Å²) in [6, 6.07) is 10.7. The second-order valence-corrected chi connectivity index (χ2v) is 14.2. The summed E-state index contributed by atoms with van der Waals surface area (Å²) in [5, 5.41) is 15.9. The van der Waals surface area contributed by atoms with E-state index in [0.29, 0.717) is 42.9 Å². The number of benzene rings is 2. The normalized spacial score (nSPS) is 18.0. The van der Waals surface area contributed by atoms with Crippen LogP contribution in [0.4, 0.5) is 13.2 Å². The Hall–Kier alpha value is -3.46. The van der Waals surface area contributed by atoms with Gasteiger partial charge in [0.25, 0.3) is 0 Å². The number of aromatic nitrogens is 4. The molecule has 4 heterocycles. The van der Waals surface area contributed by atoms with Crippen molar-refractivity contribution in [1.82, 2.24) is 28.1 Å². The van der Waals surface area contributed by atoms with Crippen LogP contribution in [0.2, 0.25) is 0 Å². The van der Waals surface area contributed by atoms with E-state index < -0.39 is 27.9 Å². The Labute approximate surface area is 259 Å². The van der Waals surface area contributed by atoms with Gasteiger partial charge < -0.3 is 10.0 Å². The van der Waals surface area contributed by atoms with E-state index in [0.717, 1.165) is 53.5 Å². The average Bonchev–Trinajstić information content (AvgIpc) is 3.46. The molecule has 0 bridgehead atoms. The molecule has 4 aromatic rings. The molecule has 1 atom stereocenters. The summed E-state index contributed by atoms with van der Waals surface area (Å²) >= 11 is 0. The van der Waals surface area contributed by atoms with Gasteiger partial charge >= 0.3 is 11.9 Å². The fraction of sp³-hybridized carbons (Fsp3) is 0.484. The molecule has 1 N–H and O–H groups in total. The molecule has 2 aliphatic heterocycles. The molecule has 0 saturated carbocycles. The second-order valence-electron chi connectivity index (χ2n) is 12.3. The second kappa shape index (κ2) is 11.7. The number of aliphatic hydroxyl groups excluding tert-OH is 1. The van der Waals surface area contributed by atoms with Gasteiger partial charge in [-0.3, -0.25) is 13.8 Å². The van der Waals surface area contributed by atoms with Crippen molar-refractivity contribution in [2.24, 2.45) is 7.05 Å². The van der Waals surface area contributed by atoms with Crippen LogP contribution in [0.3, 0.4) is 0 Å². The van der Waals surface area contributed by atoms with Gasteiger partial charge in [0.2, 0.25) is 10.0 Å². The zero-order chi connectivity index (χ0) is 32.3. The van der Waals surface area contributed by atoms with Crippen molar-refractivity contribution < 1.29 is 26.7 Å². The van der Waals surface area contributed by atoms with E-state index in [1.807, 2.05) is 29.7 Å². The van der Waals surface area contributed by atoms with Crippen LogP contribution in [0.15, 0.2) is 47.3 Å². The van der Waals surface area contributed by atoms with E-state index in [1.165, 1.54) is 16.4 Å². The Morgan fingerprint density at radius 1 is 1.02 bits per heavy atom. The number of fused-ring (bicyclic) bond motifs is 2. The summed E-state index contributed by atoms with van der Waals surface area (Å²) in [7, 11) is -1.71. The van der Waals surface area contributed by atoms with Crippen molar-refractivity contribution in [1.29, 1.82) is 0 Å². The standard InChI is InChI=1S/C31H37F3N6O4S/c1-20-4-9-27-28(16-20)40(30(42)36(27)2)23-10-13-37(14-11-23)17-24(41)18-39-26-12-15-38(45(3,43)44)19-25(26)29(35-39)21-5-7-22(8-6-21)31(32,33)34/h4-9,16,23-24,41H,10-15,17-19H2,1-3H3. The number of alkyl halides is 3. The smallest absolute Gasteiger partial charge is 0.390 e. The molecule has 0 aliphatic carbocycles. The molecule has 0 spiro atoms. The molecular formula is C31H37F3N6O4S. The predicted octanol–water partition coefficient (Wildman–Crippen LogP) is 3.55. The first-order chi connectivity index (χ1) is 21.2. The lowest BCUT2D eigenvalue weighted by Gasteiger charge is -2.33. The van der Waals surface area contributed by atoms with E-state index in [-0.39, 0.29) is 31.4 Å². The molecule has 45 heavy (non-hydrogen) atoms. The number of nitrogens with zero attached hydrogens (tertiary/aromatic N) is 6. The molecule has 2 aromatic carbocycles. The third kappa shape index (κ3) is 6.20. The van der Waals surface area contributed by atoms with Crippen molar-refractivity contribution in [3.05, 3.63) is 75.3 Å². The van der Waals surface area contributed by atoms with Gasteiger partial charge in [0.1, 0.15) is 0 Å².